The van der Waals surface area contributed by atoms with E-state index in [9.17, 15) is 5.11 Å². The third-order valence-electron chi connectivity index (χ3n) is 5.22. The van der Waals surface area contributed by atoms with Gasteiger partial charge in [0, 0.05) is 44.1 Å². The zero-order valence-corrected chi connectivity index (χ0v) is 17.4. The van der Waals surface area contributed by atoms with Crippen LogP contribution in [0.3, 0.4) is 0 Å². The minimum Gasteiger partial charge on any atom is -0.392 e. The number of aliphatic hydroxyl groups excluding tert-OH is 1. The van der Waals surface area contributed by atoms with E-state index in [0.29, 0.717) is 12.8 Å². The van der Waals surface area contributed by atoms with E-state index in [-0.39, 0.29) is 6.61 Å². The van der Waals surface area contributed by atoms with Crippen LogP contribution in [0.2, 0.25) is 25.7 Å². The van der Waals surface area contributed by atoms with Gasteiger partial charge in [0.2, 0.25) is 0 Å². The van der Waals surface area contributed by atoms with Crippen molar-refractivity contribution >= 4 is 24.8 Å². The largest absolute Gasteiger partial charge is 0.392 e. The summed E-state index contributed by atoms with van der Waals surface area (Å²) in [6, 6.07) is 3.76. The Morgan fingerprint density at radius 2 is 2.04 bits per heavy atom. The molecule has 0 bridgehead atoms. The SMILES string of the molecule is C[Si](C)(C)CCOCn1ccc2c(NC3CCCCC3)c(CO)cnc21. The first-order chi connectivity index (χ1) is 12.5. The molecule has 144 valence electrons. The molecule has 2 N–H and O–H groups in total. The van der Waals surface area contributed by atoms with E-state index in [1.165, 1.54) is 38.1 Å². The first-order valence-corrected chi connectivity index (χ1v) is 13.6. The number of rotatable bonds is 8. The molecule has 0 aliphatic heterocycles. The molecule has 2 aromatic rings. The molecule has 1 saturated carbocycles. The molecule has 1 aliphatic carbocycles. The van der Waals surface area contributed by atoms with Gasteiger partial charge in [-0.1, -0.05) is 38.9 Å². The Labute approximate surface area is 157 Å². The standard InChI is InChI=1S/C20H33N3O2Si/c1-26(2,3)12-11-25-15-23-10-9-18-19(16(14-24)13-21-20(18)23)22-17-7-5-4-6-8-17/h9-10,13,17,24H,4-8,11-12,14-15H2,1-3H3,(H,21,22). The maximum Gasteiger partial charge on any atom is 0.143 e. The lowest BCUT2D eigenvalue weighted by atomic mass is 9.95. The molecule has 0 atom stereocenters. The van der Waals surface area contributed by atoms with Crippen LogP contribution < -0.4 is 5.32 Å². The second-order valence-corrected chi connectivity index (χ2v) is 14.3. The molecule has 26 heavy (non-hydrogen) atoms. The second-order valence-electron chi connectivity index (χ2n) is 8.67. The van der Waals surface area contributed by atoms with Gasteiger partial charge in [0.1, 0.15) is 12.4 Å². The lowest BCUT2D eigenvalue weighted by Crippen LogP contribution is -2.23. The average Bonchev–Trinajstić information content (AvgIpc) is 3.03. The number of hydrogen-bond donors (Lipinski definition) is 2. The lowest BCUT2D eigenvalue weighted by Gasteiger charge is -2.25. The summed E-state index contributed by atoms with van der Waals surface area (Å²) in [6.45, 7) is 8.43. The van der Waals surface area contributed by atoms with Crippen LogP contribution in [0.4, 0.5) is 5.69 Å². The maximum atomic E-state index is 9.76. The number of nitrogens with one attached hydrogen (secondary N) is 1. The molecule has 0 saturated heterocycles. The minimum absolute atomic E-state index is 0.00981. The summed E-state index contributed by atoms with van der Waals surface area (Å²) in [5.74, 6) is 0. The Hall–Kier alpha value is -1.37. The van der Waals surface area contributed by atoms with Crippen molar-refractivity contribution in [2.24, 2.45) is 0 Å². The summed E-state index contributed by atoms with van der Waals surface area (Å²) in [4.78, 5) is 4.58. The first kappa shape index (κ1) is 19.4. The zero-order valence-electron chi connectivity index (χ0n) is 16.4. The number of pyridine rings is 1. The highest BCUT2D eigenvalue weighted by Gasteiger charge is 2.18. The predicted molar refractivity (Wildman–Crippen MR) is 110 cm³/mol. The van der Waals surface area contributed by atoms with E-state index < -0.39 is 8.07 Å². The van der Waals surface area contributed by atoms with Crippen molar-refractivity contribution in [1.82, 2.24) is 9.55 Å². The van der Waals surface area contributed by atoms with Gasteiger partial charge in [-0.3, -0.25) is 0 Å². The molecule has 3 rings (SSSR count). The number of fused-ring (bicyclic) bond motifs is 1. The molecular formula is C20H33N3O2Si. The number of nitrogens with zero attached hydrogens (tertiary/aromatic N) is 2. The molecule has 0 aromatic carbocycles. The van der Waals surface area contributed by atoms with Crippen molar-refractivity contribution in [2.45, 2.75) is 77.2 Å². The number of anilines is 1. The number of hydrogen-bond acceptors (Lipinski definition) is 4. The Morgan fingerprint density at radius 3 is 2.73 bits per heavy atom. The summed E-state index contributed by atoms with van der Waals surface area (Å²) in [5.41, 5.74) is 2.85. The van der Waals surface area contributed by atoms with Crippen LogP contribution in [-0.4, -0.2) is 35.4 Å². The maximum absolute atomic E-state index is 9.76. The van der Waals surface area contributed by atoms with E-state index >= 15 is 0 Å². The van der Waals surface area contributed by atoms with Gasteiger partial charge >= 0.3 is 0 Å². The molecular weight excluding hydrogens is 342 g/mol. The molecule has 0 amide bonds. The number of aromatic nitrogens is 2. The second kappa shape index (κ2) is 8.54. The van der Waals surface area contributed by atoms with Crippen LogP contribution in [0.15, 0.2) is 18.5 Å². The third-order valence-corrected chi connectivity index (χ3v) is 6.92. The Bertz CT molecular complexity index is 718. The summed E-state index contributed by atoms with van der Waals surface area (Å²) >= 11 is 0. The quantitative estimate of drug-likeness (QED) is 0.523. The number of aliphatic hydroxyl groups is 1. The van der Waals surface area contributed by atoms with Gasteiger partial charge in [0.25, 0.3) is 0 Å². The third kappa shape index (κ3) is 4.87. The molecule has 1 fully saturated rings. The minimum atomic E-state index is -1.07. The molecule has 0 spiro atoms. The molecule has 5 nitrogen and oxygen atoms in total. The summed E-state index contributed by atoms with van der Waals surface area (Å²) in [6.07, 6.45) is 10.1. The molecule has 2 aromatic heterocycles. The van der Waals surface area contributed by atoms with E-state index in [4.69, 9.17) is 4.74 Å². The van der Waals surface area contributed by atoms with Crippen molar-refractivity contribution in [1.29, 1.82) is 0 Å². The molecule has 1 aliphatic rings. The lowest BCUT2D eigenvalue weighted by molar-refractivity contribution is 0.0899. The van der Waals surface area contributed by atoms with Gasteiger partial charge in [-0.15, -0.1) is 0 Å². The zero-order chi connectivity index (χ0) is 18.6. The fourth-order valence-corrected chi connectivity index (χ4v) is 4.32. The van der Waals surface area contributed by atoms with Gasteiger partial charge in [-0.05, 0) is 25.0 Å². The molecule has 0 radical (unpaired) electrons. The van der Waals surface area contributed by atoms with Crippen molar-refractivity contribution in [3.8, 4) is 0 Å². The van der Waals surface area contributed by atoms with E-state index in [1.807, 2.05) is 6.20 Å². The van der Waals surface area contributed by atoms with Crippen LogP contribution in [0.1, 0.15) is 37.7 Å². The Kier molecular flexibility index (Phi) is 6.37. The summed E-state index contributed by atoms with van der Waals surface area (Å²) in [5, 5.41) is 14.5. The molecule has 2 heterocycles. The monoisotopic (exact) mass is 375 g/mol. The van der Waals surface area contributed by atoms with Gasteiger partial charge in [0.05, 0.1) is 12.3 Å². The van der Waals surface area contributed by atoms with Crippen LogP contribution >= 0.6 is 0 Å². The molecule has 0 unspecified atom stereocenters. The van der Waals surface area contributed by atoms with Crippen molar-refractivity contribution in [3.05, 3.63) is 24.0 Å². The highest BCUT2D eigenvalue weighted by atomic mass is 28.3. The fraction of sp³-hybridized carbons (Fsp3) is 0.650. The topological polar surface area (TPSA) is 59.3 Å². The average molecular weight is 376 g/mol. The molecule has 6 heteroatoms. The van der Waals surface area contributed by atoms with Crippen LogP contribution in [0.25, 0.3) is 11.0 Å². The van der Waals surface area contributed by atoms with Crippen molar-refractivity contribution in [3.63, 3.8) is 0 Å². The van der Waals surface area contributed by atoms with Crippen LogP contribution in [0, 0.1) is 0 Å². The van der Waals surface area contributed by atoms with Crippen LogP contribution in [0.5, 0.6) is 0 Å². The summed E-state index contributed by atoms with van der Waals surface area (Å²) in [7, 11) is -1.07. The van der Waals surface area contributed by atoms with Gasteiger partial charge in [0.15, 0.2) is 0 Å². The van der Waals surface area contributed by atoms with Gasteiger partial charge in [-0.25, -0.2) is 4.98 Å². The fourth-order valence-electron chi connectivity index (χ4n) is 3.57. The smallest absolute Gasteiger partial charge is 0.143 e. The van der Waals surface area contributed by atoms with E-state index in [1.54, 1.807) is 6.20 Å². The van der Waals surface area contributed by atoms with Gasteiger partial charge in [-0.2, -0.15) is 0 Å². The van der Waals surface area contributed by atoms with Crippen molar-refractivity contribution < 1.29 is 9.84 Å². The highest BCUT2D eigenvalue weighted by molar-refractivity contribution is 6.76. The number of ether oxygens (including phenoxy) is 1. The van der Waals surface area contributed by atoms with Gasteiger partial charge < -0.3 is 19.7 Å². The Balaban J connectivity index is 1.75. The predicted octanol–water partition coefficient (Wildman–Crippen LogP) is 4.59. The van der Waals surface area contributed by atoms with E-state index in [0.717, 1.165) is 28.9 Å². The highest BCUT2D eigenvalue weighted by Crippen LogP contribution is 2.30. The Morgan fingerprint density at radius 1 is 1.27 bits per heavy atom. The van der Waals surface area contributed by atoms with Crippen molar-refractivity contribution in [2.75, 3.05) is 11.9 Å². The van der Waals surface area contributed by atoms with E-state index in [2.05, 4.69) is 40.6 Å². The van der Waals surface area contributed by atoms with Crippen LogP contribution in [-0.2, 0) is 18.1 Å². The normalized spacial score (nSPS) is 16.3. The first-order valence-electron chi connectivity index (χ1n) is 9.90. The summed E-state index contributed by atoms with van der Waals surface area (Å²) < 4.78 is 7.96.